The number of aromatic nitrogens is 1. The van der Waals surface area contributed by atoms with Crippen LogP contribution in [0.15, 0.2) is 18.3 Å². The number of amides is 1. The van der Waals surface area contributed by atoms with Crippen molar-refractivity contribution in [1.29, 1.82) is 0 Å². The molecule has 1 aromatic rings. The Labute approximate surface area is 105 Å². The van der Waals surface area contributed by atoms with Crippen LogP contribution in [0, 0.1) is 0 Å². The summed E-state index contributed by atoms with van der Waals surface area (Å²) in [6.45, 7) is 3.48. The molecule has 0 aliphatic carbocycles. The summed E-state index contributed by atoms with van der Waals surface area (Å²) in [5.74, 6) is -1.21. The first kappa shape index (κ1) is 14.0. The molecule has 0 saturated heterocycles. The maximum atomic E-state index is 11.3. The van der Waals surface area contributed by atoms with Crippen molar-refractivity contribution in [3.8, 4) is 0 Å². The molecule has 4 N–H and O–H groups in total. The lowest BCUT2D eigenvalue weighted by molar-refractivity contribution is -0.142. The summed E-state index contributed by atoms with van der Waals surface area (Å²) in [7, 11) is 0. The van der Waals surface area contributed by atoms with Gasteiger partial charge in [-0.2, -0.15) is 0 Å². The predicted molar refractivity (Wildman–Crippen MR) is 67.3 cm³/mol. The summed E-state index contributed by atoms with van der Waals surface area (Å²) >= 11 is 0. The second-order valence-corrected chi connectivity index (χ2v) is 4.31. The number of carbonyl (C=O) groups is 2. The number of aliphatic carboxylic acids is 1. The molecule has 0 radical (unpaired) electrons. The number of hydrogen-bond donors (Lipinski definition) is 3. The number of primary amides is 1. The monoisotopic (exact) mass is 251 g/mol. The molecule has 1 unspecified atom stereocenters. The number of anilines is 1. The van der Waals surface area contributed by atoms with E-state index < -0.39 is 17.4 Å². The van der Waals surface area contributed by atoms with Gasteiger partial charge in [-0.25, -0.2) is 9.78 Å². The molecule has 1 heterocycles. The van der Waals surface area contributed by atoms with E-state index >= 15 is 0 Å². The fourth-order valence-corrected chi connectivity index (χ4v) is 1.66. The van der Waals surface area contributed by atoms with Gasteiger partial charge < -0.3 is 16.2 Å². The third kappa shape index (κ3) is 3.19. The van der Waals surface area contributed by atoms with Gasteiger partial charge in [-0.05, 0) is 25.5 Å². The van der Waals surface area contributed by atoms with E-state index in [1.54, 1.807) is 6.92 Å². The Morgan fingerprint density at radius 3 is 2.72 bits per heavy atom. The predicted octanol–water partition coefficient (Wildman–Crippen LogP) is 1.24. The zero-order chi connectivity index (χ0) is 13.8. The topological polar surface area (TPSA) is 105 Å². The van der Waals surface area contributed by atoms with Crippen LogP contribution >= 0.6 is 0 Å². The van der Waals surface area contributed by atoms with Crippen LogP contribution in [0.2, 0.25) is 0 Å². The van der Waals surface area contributed by atoms with Gasteiger partial charge in [0.2, 0.25) is 5.91 Å². The van der Waals surface area contributed by atoms with Crippen LogP contribution in [-0.4, -0.2) is 27.5 Å². The standard InChI is InChI=1S/C12H17N3O3/c1-3-5-12(2,11(17)18)15-9-7-8(10(13)16)4-6-14-9/h4,6-7H,3,5H2,1-2H3,(H2,13,16)(H,14,15)(H,17,18). The zero-order valence-electron chi connectivity index (χ0n) is 10.4. The molecule has 0 saturated carbocycles. The molecule has 0 spiro atoms. The number of pyridine rings is 1. The van der Waals surface area contributed by atoms with Gasteiger partial charge in [-0.3, -0.25) is 4.79 Å². The fraction of sp³-hybridized carbons (Fsp3) is 0.417. The van der Waals surface area contributed by atoms with Crippen molar-refractivity contribution in [2.24, 2.45) is 5.73 Å². The quantitative estimate of drug-likeness (QED) is 0.705. The van der Waals surface area contributed by atoms with Crippen LogP contribution in [0.4, 0.5) is 5.82 Å². The Morgan fingerprint density at radius 2 is 2.22 bits per heavy atom. The van der Waals surface area contributed by atoms with E-state index in [2.05, 4.69) is 10.3 Å². The number of carboxylic acid groups (broad SMARTS) is 1. The Bertz CT molecular complexity index is 462. The lowest BCUT2D eigenvalue weighted by Gasteiger charge is -2.26. The van der Waals surface area contributed by atoms with Crippen LogP contribution in [0.5, 0.6) is 0 Å². The van der Waals surface area contributed by atoms with Crippen molar-refractivity contribution in [2.75, 3.05) is 5.32 Å². The minimum atomic E-state index is -1.11. The molecule has 1 aromatic heterocycles. The molecule has 1 rings (SSSR count). The molecule has 0 aromatic carbocycles. The molecule has 0 fully saturated rings. The number of rotatable bonds is 6. The molecule has 6 heteroatoms. The van der Waals surface area contributed by atoms with Crippen LogP contribution in [-0.2, 0) is 4.79 Å². The molecule has 0 bridgehead atoms. The molecular formula is C12H17N3O3. The van der Waals surface area contributed by atoms with Crippen molar-refractivity contribution in [1.82, 2.24) is 4.98 Å². The fourth-order valence-electron chi connectivity index (χ4n) is 1.66. The van der Waals surface area contributed by atoms with E-state index in [1.807, 2.05) is 6.92 Å². The van der Waals surface area contributed by atoms with Crippen molar-refractivity contribution in [2.45, 2.75) is 32.2 Å². The molecule has 0 aliphatic rings. The Balaban J connectivity index is 2.97. The number of hydrogen-bond acceptors (Lipinski definition) is 4. The number of nitrogens with two attached hydrogens (primary N) is 1. The lowest BCUT2D eigenvalue weighted by Crippen LogP contribution is -2.43. The zero-order valence-corrected chi connectivity index (χ0v) is 10.4. The summed E-state index contributed by atoms with van der Waals surface area (Å²) in [6.07, 6.45) is 2.58. The van der Waals surface area contributed by atoms with Crippen molar-refractivity contribution < 1.29 is 14.7 Å². The van der Waals surface area contributed by atoms with Gasteiger partial charge in [0.15, 0.2) is 0 Å². The van der Waals surface area contributed by atoms with Gasteiger partial charge in [-0.1, -0.05) is 13.3 Å². The van der Waals surface area contributed by atoms with E-state index in [4.69, 9.17) is 5.73 Å². The van der Waals surface area contributed by atoms with Gasteiger partial charge in [-0.15, -0.1) is 0 Å². The summed E-state index contributed by atoms with van der Waals surface area (Å²) in [5.41, 5.74) is 4.33. The molecule has 6 nitrogen and oxygen atoms in total. The minimum Gasteiger partial charge on any atom is -0.480 e. The second-order valence-electron chi connectivity index (χ2n) is 4.31. The van der Waals surface area contributed by atoms with E-state index in [0.717, 1.165) is 0 Å². The molecule has 1 atom stereocenters. The van der Waals surface area contributed by atoms with Crippen molar-refractivity contribution in [3.05, 3.63) is 23.9 Å². The highest BCUT2D eigenvalue weighted by Gasteiger charge is 2.32. The number of carbonyl (C=O) groups excluding carboxylic acids is 1. The Hall–Kier alpha value is -2.11. The van der Waals surface area contributed by atoms with Crippen molar-refractivity contribution in [3.63, 3.8) is 0 Å². The van der Waals surface area contributed by atoms with Gasteiger partial charge in [0.1, 0.15) is 11.4 Å². The third-order valence-electron chi connectivity index (χ3n) is 2.67. The highest BCUT2D eigenvalue weighted by molar-refractivity contribution is 5.93. The third-order valence-corrected chi connectivity index (χ3v) is 2.67. The molecule has 18 heavy (non-hydrogen) atoms. The Morgan fingerprint density at radius 1 is 1.56 bits per heavy atom. The molecule has 1 amide bonds. The molecule has 0 aliphatic heterocycles. The minimum absolute atomic E-state index is 0.289. The number of nitrogens with one attached hydrogen (secondary N) is 1. The average Bonchev–Trinajstić information content (AvgIpc) is 2.29. The highest BCUT2D eigenvalue weighted by Crippen LogP contribution is 2.19. The van der Waals surface area contributed by atoms with Gasteiger partial charge in [0.25, 0.3) is 0 Å². The summed E-state index contributed by atoms with van der Waals surface area (Å²) in [4.78, 5) is 26.3. The van der Waals surface area contributed by atoms with Crippen LogP contribution in [0.25, 0.3) is 0 Å². The maximum absolute atomic E-state index is 11.3. The summed E-state index contributed by atoms with van der Waals surface area (Å²) in [6, 6.07) is 2.92. The molecular weight excluding hydrogens is 234 g/mol. The van der Waals surface area contributed by atoms with Gasteiger partial charge >= 0.3 is 5.97 Å². The van der Waals surface area contributed by atoms with E-state index in [0.29, 0.717) is 18.7 Å². The van der Waals surface area contributed by atoms with Crippen LogP contribution in [0.1, 0.15) is 37.0 Å². The van der Waals surface area contributed by atoms with Crippen LogP contribution in [0.3, 0.4) is 0 Å². The van der Waals surface area contributed by atoms with Gasteiger partial charge in [0.05, 0.1) is 0 Å². The first-order valence-electron chi connectivity index (χ1n) is 5.66. The second kappa shape index (κ2) is 5.48. The SMILES string of the molecule is CCCC(C)(Nc1cc(C(N)=O)ccn1)C(=O)O. The first-order valence-corrected chi connectivity index (χ1v) is 5.66. The largest absolute Gasteiger partial charge is 0.480 e. The molecule has 98 valence electrons. The van der Waals surface area contributed by atoms with Crippen LogP contribution < -0.4 is 11.1 Å². The van der Waals surface area contributed by atoms with Crippen molar-refractivity contribution >= 4 is 17.7 Å². The van der Waals surface area contributed by atoms with E-state index in [1.165, 1.54) is 18.3 Å². The van der Waals surface area contributed by atoms with Gasteiger partial charge in [0, 0.05) is 11.8 Å². The lowest BCUT2D eigenvalue weighted by atomic mass is 9.96. The summed E-state index contributed by atoms with van der Waals surface area (Å²) in [5, 5.41) is 12.1. The van der Waals surface area contributed by atoms with E-state index in [-0.39, 0.29) is 5.56 Å². The average molecular weight is 251 g/mol. The smallest absolute Gasteiger partial charge is 0.329 e. The summed E-state index contributed by atoms with van der Waals surface area (Å²) < 4.78 is 0. The number of carboxylic acids is 1. The van der Waals surface area contributed by atoms with E-state index in [9.17, 15) is 14.7 Å². The number of nitrogens with zero attached hydrogens (tertiary/aromatic N) is 1. The highest BCUT2D eigenvalue weighted by atomic mass is 16.4. The first-order chi connectivity index (χ1) is 8.39. The maximum Gasteiger partial charge on any atom is 0.329 e. The normalized spacial score (nSPS) is 13.7. The Kier molecular flexibility index (Phi) is 4.25.